The molecule has 2 N–H and O–H groups in total. The summed E-state index contributed by atoms with van der Waals surface area (Å²) in [5.74, 6) is 0.177. The summed E-state index contributed by atoms with van der Waals surface area (Å²) in [7, 11) is 0. The average molecular weight is 263 g/mol. The Morgan fingerprint density at radius 1 is 1.21 bits per heavy atom. The number of benzene rings is 1. The van der Waals surface area contributed by atoms with E-state index in [9.17, 15) is 9.18 Å². The fraction of sp³-hybridized carbons (Fsp3) is 0.562. The van der Waals surface area contributed by atoms with Gasteiger partial charge < -0.3 is 5.73 Å². The van der Waals surface area contributed by atoms with E-state index in [0.29, 0.717) is 23.5 Å². The van der Waals surface area contributed by atoms with Crippen molar-refractivity contribution in [3.8, 4) is 0 Å². The van der Waals surface area contributed by atoms with E-state index in [1.54, 1.807) is 12.1 Å². The third-order valence-corrected chi connectivity index (χ3v) is 4.04. The minimum absolute atomic E-state index is 0.0642. The van der Waals surface area contributed by atoms with Crippen LogP contribution in [0, 0.1) is 11.7 Å². The van der Waals surface area contributed by atoms with Crippen LogP contribution < -0.4 is 5.73 Å². The molecule has 1 aromatic carbocycles. The van der Waals surface area contributed by atoms with Crippen molar-refractivity contribution in [1.29, 1.82) is 0 Å². The van der Waals surface area contributed by atoms with Crippen LogP contribution in [0.3, 0.4) is 0 Å². The van der Waals surface area contributed by atoms with Gasteiger partial charge in [0, 0.05) is 24.1 Å². The zero-order chi connectivity index (χ0) is 13.7. The third kappa shape index (κ3) is 3.87. The van der Waals surface area contributed by atoms with Crippen LogP contribution in [0.2, 0.25) is 0 Å². The molecule has 1 aliphatic rings. The zero-order valence-electron chi connectivity index (χ0n) is 11.3. The molecular weight excluding hydrogens is 241 g/mol. The number of halogens is 1. The maximum Gasteiger partial charge on any atom is 0.163 e. The van der Waals surface area contributed by atoms with Crippen molar-refractivity contribution >= 4 is 5.78 Å². The Morgan fingerprint density at radius 2 is 1.89 bits per heavy atom. The Hall–Kier alpha value is -1.22. The predicted octanol–water partition coefficient (Wildman–Crippen LogP) is 3.83. The van der Waals surface area contributed by atoms with Crippen molar-refractivity contribution in [2.24, 2.45) is 11.7 Å². The molecule has 0 spiro atoms. The van der Waals surface area contributed by atoms with Crippen molar-refractivity contribution in [2.45, 2.75) is 51.5 Å². The first kappa shape index (κ1) is 14.2. The van der Waals surface area contributed by atoms with Crippen molar-refractivity contribution in [1.82, 2.24) is 0 Å². The summed E-state index contributed by atoms with van der Waals surface area (Å²) in [5.41, 5.74) is 6.37. The van der Waals surface area contributed by atoms with Crippen LogP contribution in [0.5, 0.6) is 0 Å². The largest absolute Gasteiger partial charge is 0.326 e. The first-order valence-corrected chi connectivity index (χ1v) is 7.22. The molecule has 0 aromatic heterocycles. The smallest absolute Gasteiger partial charge is 0.163 e. The summed E-state index contributed by atoms with van der Waals surface area (Å²) in [5, 5.41) is 0. The molecule has 0 saturated heterocycles. The van der Waals surface area contributed by atoms with E-state index in [1.165, 1.54) is 31.7 Å². The minimum atomic E-state index is -0.366. The molecule has 0 unspecified atom stereocenters. The van der Waals surface area contributed by atoms with E-state index in [2.05, 4.69) is 0 Å². The predicted molar refractivity (Wildman–Crippen MR) is 74.4 cm³/mol. The summed E-state index contributed by atoms with van der Waals surface area (Å²) in [6, 6.07) is 4.65. The summed E-state index contributed by atoms with van der Waals surface area (Å²) < 4.78 is 13.6. The van der Waals surface area contributed by atoms with Crippen molar-refractivity contribution in [2.75, 3.05) is 0 Å². The zero-order valence-corrected chi connectivity index (χ0v) is 11.3. The highest BCUT2D eigenvalue weighted by Gasteiger charge is 2.17. The highest BCUT2D eigenvalue weighted by molar-refractivity contribution is 5.96. The van der Waals surface area contributed by atoms with E-state index < -0.39 is 0 Å². The van der Waals surface area contributed by atoms with Crippen LogP contribution in [0.4, 0.5) is 4.39 Å². The maximum atomic E-state index is 13.6. The highest BCUT2D eigenvalue weighted by Crippen LogP contribution is 2.26. The number of carbonyl (C=O) groups excluding carboxylic acids is 1. The molecule has 1 fully saturated rings. The number of Topliss-reactive ketones (excluding diaryl/α,β-unsaturated/α-hetero) is 1. The molecule has 3 heteroatoms. The normalized spacial score (nSPS) is 17.2. The number of ketones is 1. The van der Waals surface area contributed by atoms with Crippen molar-refractivity contribution in [3.63, 3.8) is 0 Å². The fourth-order valence-electron chi connectivity index (χ4n) is 2.83. The molecule has 0 heterocycles. The van der Waals surface area contributed by atoms with Gasteiger partial charge >= 0.3 is 0 Å². The lowest BCUT2D eigenvalue weighted by Gasteiger charge is -2.13. The standard InChI is InChI=1S/C16H22FNO/c17-15-10-13(7-8-14(15)11-18)16(19)9-12-5-3-1-2-4-6-12/h7-8,10,12H,1-6,9,11,18H2. The van der Waals surface area contributed by atoms with Gasteiger partial charge in [-0.25, -0.2) is 4.39 Å². The summed E-state index contributed by atoms with van der Waals surface area (Å²) in [4.78, 5) is 12.2. The Kier molecular flexibility index (Phi) is 5.08. The first-order valence-electron chi connectivity index (χ1n) is 7.22. The highest BCUT2D eigenvalue weighted by atomic mass is 19.1. The van der Waals surface area contributed by atoms with Crippen LogP contribution in [-0.2, 0) is 6.54 Å². The van der Waals surface area contributed by atoms with Gasteiger partial charge in [-0.05, 0) is 12.0 Å². The molecule has 0 atom stereocenters. The Bertz CT molecular complexity index is 436. The van der Waals surface area contributed by atoms with Gasteiger partial charge in [-0.2, -0.15) is 0 Å². The summed E-state index contributed by atoms with van der Waals surface area (Å²) in [6.07, 6.45) is 7.83. The van der Waals surface area contributed by atoms with Gasteiger partial charge in [-0.1, -0.05) is 50.7 Å². The van der Waals surface area contributed by atoms with Crippen LogP contribution >= 0.6 is 0 Å². The molecule has 19 heavy (non-hydrogen) atoms. The molecule has 0 aliphatic heterocycles. The average Bonchev–Trinajstić information content (AvgIpc) is 2.67. The Labute approximate surface area is 114 Å². The molecule has 0 amide bonds. The molecule has 1 saturated carbocycles. The second-order valence-corrected chi connectivity index (χ2v) is 5.50. The lowest BCUT2D eigenvalue weighted by molar-refractivity contribution is 0.0956. The molecule has 1 aliphatic carbocycles. The molecule has 104 valence electrons. The van der Waals surface area contributed by atoms with Gasteiger partial charge in [0.25, 0.3) is 0 Å². The van der Waals surface area contributed by atoms with Gasteiger partial charge in [-0.15, -0.1) is 0 Å². The second-order valence-electron chi connectivity index (χ2n) is 5.50. The van der Waals surface area contributed by atoms with Gasteiger partial charge in [0.2, 0.25) is 0 Å². The van der Waals surface area contributed by atoms with Crippen LogP contribution in [-0.4, -0.2) is 5.78 Å². The first-order chi connectivity index (χ1) is 9.20. The van der Waals surface area contributed by atoms with Crippen LogP contribution in [0.25, 0.3) is 0 Å². The number of hydrogen-bond donors (Lipinski definition) is 1. The van der Waals surface area contributed by atoms with Gasteiger partial charge in [0.15, 0.2) is 5.78 Å². The molecule has 0 bridgehead atoms. The van der Waals surface area contributed by atoms with E-state index in [-0.39, 0.29) is 18.1 Å². The molecular formula is C16H22FNO. The molecule has 1 aromatic rings. The Balaban J connectivity index is 2.00. The Morgan fingerprint density at radius 3 is 2.47 bits per heavy atom. The molecule has 2 rings (SSSR count). The summed E-state index contributed by atoms with van der Waals surface area (Å²) >= 11 is 0. The fourth-order valence-corrected chi connectivity index (χ4v) is 2.83. The molecule has 2 nitrogen and oxygen atoms in total. The van der Waals surface area contributed by atoms with Gasteiger partial charge in [-0.3, -0.25) is 4.79 Å². The van der Waals surface area contributed by atoms with Crippen molar-refractivity contribution < 1.29 is 9.18 Å². The maximum absolute atomic E-state index is 13.6. The summed E-state index contributed by atoms with van der Waals surface area (Å²) in [6.45, 7) is 0.170. The molecule has 0 radical (unpaired) electrons. The lowest BCUT2D eigenvalue weighted by Crippen LogP contribution is -2.09. The van der Waals surface area contributed by atoms with E-state index >= 15 is 0 Å². The van der Waals surface area contributed by atoms with Gasteiger partial charge in [0.05, 0.1) is 0 Å². The second kappa shape index (κ2) is 6.80. The van der Waals surface area contributed by atoms with E-state index in [4.69, 9.17) is 5.73 Å². The lowest BCUT2D eigenvalue weighted by atomic mass is 9.92. The number of rotatable bonds is 4. The topological polar surface area (TPSA) is 43.1 Å². The minimum Gasteiger partial charge on any atom is -0.326 e. The number of nitrogens with two attached hydrogens (primary N) is 1. The SMILES string of the molecule is NCc1ccc(C(=O)CC2CCCCCC2)cc1F. The van der Waals surface area contributed by atoms with Crippen LogP contribution in [0.15, 0.2) is 18.2 Å². The quantitative estimate of drug-likeness (QED) is 0.662. The van der Waals surface area contributed by atoms with Gasteiger partial charge in [0.1, 0.15) is 5.82 Å². The van der Waals surface area contributed by atoms with Crippen LogP contribution in [0.1, 0.15) is 60.9 Å². The number of carbonyl (C=O) groups is 1. The third-order valence-electron chi connectivity index (χ3n) is 4.04. The number of hydrogen-bond acceptors (Lipinski definition) is 2. The van der Waals surface area contributed by atoms with E-state index in [0.717, 1.165) is 12.8 Å². The monoisotopic (exact) mass is 263 g/mol. The van der Waals surface area contributed by atoms with E-state index in [1.807, 2.05) is 0 Å². The van der Waals surface area contributed by atoms with Crippen molar-refractivity contribution in [3.05, 3.63) is 35.1 Å².